The number of amides is 1. The summed E-state index contributed by atoms with van der Waals surface area (Å²) in [6.45, 7) is 1.64. The molecule has 5 nitrogen and oxygen atoms in total. The Morgan fingerprint density at radius 1 is 1.21 bits per heavy atom. The molecule has 3 rings (SSSR count). The summed E-state index contributed by atoms with van der Waals surface area (Å²) in [5.74, 6) is -2.08. The molecule has 2 aromatic carbocycles. The highest BCUT2D eigenvalue weighted by Crippen LogP contribution is 2.37. The van der Waals surface area contributed by atoms with Gasteiger partial charge in [0, 0.05) is 11.9 Å². The van der Waals surface area contributed by atoms with Crippen LogP contribution in [0.3, 0.4) is 0 Å². The van der Waals surface area contributed by atoms with Crippen molar-refractivity contribution >= 4 is 16.8 Å². The van der Waals surface area contributed by atoms with Crippen molar-refractivity contribution in [3.8, 4) is 11.6 Å². The van der Waals surface area contributed by atoms with E-state index in [1.807, 2.05) is 0 Å². The van der Waals surface area contributed by atoms with Crippen molar-refractivity contribution in [2.24, 2.45) is 0 Å². The minimum Gasteiger partial charge on any atom is -0.506 e. The molecule has 0 radical (unpaired) electrons. The van der Waals surface area contributed by atoms with Gasteiger partial charge in [0.25, 0.3) is 5.91 Å². The minimum absolute atomic E-state index is 0.0302. The maximum absolute atomic E-state index is 13.3. The monoisotopic (exact) mass is 408 g/mol. The van der Waals surface area contributed by atoms with E-state index in [0.29, 0.717) is 5.56 Å². The van der Waals surface area contributed by atoms with E-state index in [0.717, 1.165) is 18.2 Å². The van der Waals surface area contributed by atoms with Crippen molar-refractivity contribution < 1.29 is 32.2 Å². The lowest BCUT2D eigenvalue weighted by atomic mass is 10.1. The predicted molar refractivity (Wildman–Crippen MR) is 97.1 cm³/mol. The van der Waals surface area contributed by atoms with Gasteiger partial charge in [-0.2, -0.15) is 13.2 Å². The van der Waals surface area contributed by atoms with Gasteiger partial charge in [-0.05, 0) is 42.8 Å². The molecular weight excluding hydrogens is 392 g/mol. The van der Waals surface area contributed by atoms with Gasteiger partial charge in [-0.25, -0.2) is 9.37 Å². The van der Waals surface area contributed by atoms with Gasteiger partial charge in [-0.15, -0.1) is 0 Å². The van der Waals surface area contributed by atoms with E-state index in [-0.39, 0.29) is 35.5 Å². The van der Waals surface area contributed by atoms with Crippen LogP contribution in [-0.2, 0) is 12.7 Å². The molecule has 1 amide bonds. The molecule has 0 atom stereocenters. The summed E-state index contributed by atoms with van der Waals surface area (Å²) < 4.78 is 57.4. The topological polar surface area (TPSA) is 71.5 Å². The van der Waals surface area contributed by atoms with Crippen LogP contribution in [0.5, 0.6) is 11.6 Å². The Labute approximate surface area is 162 Å². The number of carbonyl (C=O) groups is 1. The molecule has 1 aromatic heterocycles. The Hall–Kier alpha value is -3.36. The van der Waals surface area contributed by atoms with Gasteiger partial charge in [0.1, 0.15) is 17.1 Å². The Morgan fingerprint density at radius 2 is 1.97 bits per heavy atom. The normalized spacial score (nSPS) is 11.5. The van der Waals surface area contributed by atoms with E-state index in [1.165, 1.54) is 18.2 Å². The van der Waals surface area contributed by atoms with Crippen LogP contribution in [0.1, 0.15) is 28.4 Å². The molecule has 1 heterocycles. The van der Waals surface area contributed by atoms with Gasteiger partial charge in [0.2, 0.25) is 5.88 Å². The van der Waals surface area contributed by atoms with Crippen LogP contribution in [0.4, 0.5) is 17.6 Å². The average molecular weight is 408 g/mol. The van der Waals surface area contributed by atoms with Crippen LogP contribution >= 0.6 is 0 Å². The molecule has 29 heavy (non-hydrogen) atoms. The van der Waals surface area contributed by atoms with E-state index < -0.39 is 29.2 Å². The highest BCUT2D eigenvalue weighted by Gasteiger charge is 2.31. The van der Waals surface area contributed by atoms with Crippen molar-refractivity contribution in [1.29, 1.82) is 0 Å². The fourth-order valence-electron chi connectivity index (χ4n) is 2.77. The molecular formula is C20H16F4N2O3. The summed E-state index contributed by atoms with van der Waals surface area (Å²) in [6.07, 6.45) is -4.59. The van der Waals surface area contributed by atoms with E-state index in [9.17, 15) is 27.5 Å². The molecule has 0 aliphatic heterocycles. The maximum atomic E-state index is 13.3. The first-order valence-electron chi connectivity index (χ1n) is 8.60. The fourth-order valence-corrected chi connectivity index (χ4v) is 2.77. The number of benzene rings is 2. The number of nitrogens with one attached hydrogen (secondary N) is 1. The van der Waals surface area contributed by atoms with Crippen LogP contribution < -0.4 is 10.1 Å². The van der Waals surface area contributed by atoms with E-state index in [2.05, 4.69) is 10.3 Å². The smallest absolute Gasteiger partial charge is 0.416 e. The highest BCUT2D eigenvalue weighted by atomic mass is 19.4. The molecule has 0 spiro atoms. The standard InChI is InChI=1S/C20H16F4N2O3/c1-2-29-19-16(18(28)25-10-11-4-3-5-13(21)8-11)17(27)14-7-6-12(20(22,23)24)9-15(14)26-19/h3-9H,2,10H2,1H3,(H,25,28)(H,26,27). The maximum Gasteiger partial charge on any atom is 0.416 e. The second kappa shape index (κ2) is 7.94. The third-order valence-corrected chi connectivity index (χ3v) is 4.10. The Balaban J connectivity index is 2.00. The van der Waals surface area contributed by atoms with Crippen molar-refractivity contribution in [1.82, 2.24) is 10.3 Å². The van der Waals surface area contributed by atoms with Crippen LogP contribution in [0.2, 0.25) is 0 Å². The number of carbonyl (C=O) groups excluding carboxylic acids is 1. The number of pyridine rings is 1. The summed E-state index contributed by atoms with van der Waals surface area (Å²) >= 11 is 0. The molecule has 0 saturated heterocycles. The molecule has 3 aromatic rings. The Kier molecular flexibility index (Phi) is 5.58. The molecule has 0 aliphatic rings. The number of nitrogens with zero attached hydrogens (tertiary/aromatic N) is 1. The van der Waals surface area contributed by atoms with E-state index in [4.69, 9.17) is 4.74 Å². The molecule has 0 fully saturated rings. The van der Waals surface area contributed by atoms with Crippen LogP contribution in [0.15, 0.2) is 42.5 Å². The average Bonchev–Trinajstić information content (AvgIpc) is 2.65. The summed E-state index contributed by atoms with van der Waals surface area (Å²) in [7, 11) is 0. The van der Waals surface area contributed by atoms with Crippen LogP contribution in [-0.4, -0.2) is 22.6 Å². The minimum atomic E-state index is -4.59. The first kappa shape index (κ1) is 20.4. The molecule has 0 aliphatic carbocycles. The fraction of sp³-hybridized carbons (Fsp3) is 0.200. The summed E-state index contributed by atoms with van der Waals surface area (Å²) in [4.78, 5) is 16.6. The molecule has 152 valence electrons. The second-order valence-corrected chi connectivity index (χ2v) is 6.12. The number of ether oxygens (including phenoxy) is 1. The number of aromatic nitrogens is 1. The zero-order valence-electron chi connectivity index (χ0n) is 15.2. The van der Waals surface area contributed by atoms with Gasteiger partial charge in [0.15, 0.2) is 0 Å². The van der Waals surface area contributed by atoms with Gasteiger partial charge in [-0.1, -0.05) is 12.1 Å². The van der Waals surface area contributed by atoms with Gasteiger partial charge in [0.05, 0.1) is 17.7 Å². The first-order chi connectivity index (χ1) is 13.7. The Morgan fingerprint density at radius 3 is 2.62 bits per heavy atom. The molecule has 0 unspecified atom stereocenters. The number of rotatable bonds is 5. The molecule has 0 saturated carbocycles. The number of halogens is 4. The Bertz CT molecular complexity index is 1070. The quantitative estimate of drug-likeness (QED) is 0.613. The number of hydrogen-bond acceptors (Lipinski definition) is 4. The first-order valence-corrected chi connectivity index (χ1v) is 8.60. The van der Waals surface area contributed by atoms with Crippen molar-refractivity contribution in [2.45, 2.75) is 19.6 Å². The van der Waals surface area contributed by atoms with Crippen molar-refractivity contribution in [3.05, 3.63) is 65.0 Å². The molecule has 9 heteroatoms. The number of fused-ring (bicyclic) bond motifs is 1. The molecule has 2 N–H and O–H groups in total. The lowest BCUT2D eigenvalue weighted by Crippen LogP contribution is -2.24. The lowest BCUT2D eigenvalue weighted by Gasteiger charge is -2.15. The van der Waals surface area contributed by atoms with Crippen molar-refractivity contribution in [3.63, 3.8) is 0 Å². The molecule has 0 bridgehead atoms. The number of hydrogen-bond donors (Lipinski definition) is 2. The summed E-state index contributed by atoms with van der Waals surface area (Å²) in [6, 6.07) is 8.18. The zero-order chi connectivity index (χ0) is 21.2. The second-order valence-electron chi connectivity index (χ2n) is 6.12. The van der Waals surface area contributed by atoms with Gasteiger partial charge >= 0.3 is 6.18 Å². The number of aromatic hydroxyl groups is 1. The SMILES string of the molecule is CCOc1nc2cc(C(F)(F)F)ccc2c(O)c1C(=O)NCc1cccc(F)c1. The van der Waals surface area contributed by atoms with E-state index >= 15 is 0 Å². The summed E-state index contributed by atoms with van der Waals surface area (Å²) in [5, 5.41) is 13.0. The van der Waals surface area contributed by atoms with Crippen molar-refractivity contribution in [2.75, 3.05) is 6.61 Å². The van der Waals surface area contributed by atoms with Gasteiger partial charge < -0.3 is 15.2 Å². The number of alkyl halides is 3. The largest absolute Gasteiger partial charge is 0.506 e. The zero-order valence-corrected chi connectivity index (χ0v) is 15.2. The van der Waals surface area contributed by atoms with E-state index in [1.54, 1.807) is 13.0 Å². The lowest BCUT2D eigenvalue weighted by molar-refractivity contribution is -0.137. The third kappa shape index (κ3) is 4.39. The highest BCUT2D eigenvalue weighted by molar-refractivity contribution is 6.04. The van der Waals surface area contributed by atoms with Gasteiger partial charge in [-0.3, -0.25) is 4.79 Å². The van der Waals surface area contributed by atoms with Crippen LogP contribution in [0.25, 0.3) is 10.9 Å². The van der Waals surface area contributed by atoms with Crippen LogP contribution in [0, 0.1) is 5.82 Å². The summed E-state index contributed by atoms with van der Waals surface area (Å²) in [5.41, 5.74) is -0.931. The predicted octanol–water partition coefficient (Wildman–Crippen LogP) is 4.43. The third-order valence-electron chi connectivity index (χ3n) is 4.10.